The van der Waals surface area contributed by atoms with Crippen molar-refractivity contribution in [2.75, 3.05) is 0 Å². The molecule has 43 heavy (non-hydrogen) atoms. The predicted octanol–water partition coefficient (Wildman–Crippen LogP) is 10.5. The molecule has 0 atom stereocenters. The van der Waals surface area contributed by atoms with Crippen LogP contribution in [0, 0.1) is 19.0 Å². The maximum atomic E-state index is 8.49. The number of aryl methyl sites for hydroxylation is 1. The second kappa shape index (κ2) is 13.7. The van der Waals surface area contributed by atoms with Gasteiger partial charge in [-0.05, 0) is 52.8 Å². The van der Waals surface area contributed by atoms with Crippen molar-refractivity contribution in [3.05, 3.63) is 157 Å². The number of rotatable bonds is 4. The van der Waals surface area contributed by atoms with Crippen LogP contribution in [0.1, 0.15) is 35.0 Å². The van der Waals surface area contributed by atoms with Gasteiger partial charge in [0.05, 0.1) is 0 Å². The average molecular weight is 736 g/mol. The molecule has 1 radical (unpaired) electrons. The summed E-state index contributed by atoms with van der Waals surface area (Å²) in [5.41, 5.74) is 6.83. The van der Waals surface area contributed by atoms with E-state index in [0.29, 0.717) is 11.5 Å². The molecule has 2 nitrogen and oxygen atoms in total. The van der Waals surface area contributed by atoms with Crippen molar-refractivity contribution < 1.29 is 24.2 Å². The topological polar surface area (TPSA) is 25.8 Å². The fourth-order valence-electron chi connectivity index (χ4n) is 5.21. The first kappa shape index (κ1) is 26.2. The molecule has 0 saturated carbocycles. The van der Waals surface area contributed by atoms with Crippen LogP contribution in [0.2, 0.25) is 0 Å². The van der Waals surface area contributed by atoms with Crippen LogP contribution in [0.15, 0.2) is 134 Å². The van der Waals surface area contributed by atoms with Crippen LogP contribution in [0.4, 0.5) is 0 Å². The van der Waals surface area contributed by atoms with Gasteiger partial charge in [-0.3, -0.25) is 0 Å². The Morgan fingerprint density at radius 2 is 1.37 bits per heavy atom. The summed E-state index contributed by atoms with van der Waals surface area (Å²) in [6.45, 7) is 2.00. The molecular formula is C40H32IrN2-2. The molecule has 3 heteroatoms. The number of hydrogen-bond acceptors (Lipinski definition) is 2. The molecule has 5 aromatic carbocycles. The van der Waals surface area contributed by atoms with E-state index in [1.54, 1.807) is 6.20 Å². The molecule has 7 aromatic rings. The number of pyridine rings is 2. The van der Waals surface area contributed by atoms with Crippen molar-refractivity contribution in [2.45, 2.75) is 26.6 Å². The molecule has 7 rings (SSSR count). The Morgan fingerprint density at radius 3 is 2.09 bits per heavy atom. The summed E-state index contributed by atoms with van der Waals surface area (Å²) < 4.78 is 25.5. The maximum absolute atomic E-state index is 8.49. The first-order chi connectivity index (χ1) is 21.8. The number of aromatic nitrogens is 2. The van der Waals surface area contributed by atoms with Gasteiger partial charge in [-0.25, -0.2) is 0 Å². The second-order valence-electron chi connectivity index (χ2n) is 10.5. The van der Waals surface area contributed by atoms with Crippen LogP contribution >= 0.6 is 0 Å². The van der Waals surface area contributed by atoms with Crippen LogP contribution in [0.5, 0.6) is 0 Å². The first-order valence-corrected chi connectivity index (χ1v) is 14.1. The van der Waals surface area contributed by atoms with Gasteiger partial charge in [0, 0.05) is 36.6 Å². The summed E-state index contributed by atoms with van der Waals surface area (Å²) >= 11 is 0. The molecule has 0 saturated heterocycles. The Hall–Kier alpha value is -4.43. The van der Waals surface area contributed by atoms with Gasteiger partial charge >= 0.3 is 0 Å². The largest absolute Gasteiger partial charge is 0.305 e. The normalized spacial score (nSPS) is 12.0. The fourth-order valence-corrected chi connectivity index (χ4v) is 5.21. The van der Waals surface area contributed by atoms with Gasteiger partial charge in [0.25, 0.3) is 0 Å². The van der Waals surface area contributed by atoms with Gasteiger partial charge in [-0.2, -0.15) is 0 Å². The minimum Gasteiger partial charge on any atom is -0.305 e. The minimum absolute atomic E-state index is 0. The molecular weight excluding hydrogens is 701 g/mol. The Bertz CT molecular complexity index is 2020. The molecule has 0 aliphatic carbocycles. The Morgan fingerprint density at radius 1 is 0.628 bits per heavy atom. The molecule has 0 aliphatic rings. The SMILES string of the molecule is [2H]C([2H])([2H])c1c(-c2ccccc2)c2ccccc2c2c[c-]c(-c3cc(C(C)C)ccn3)cc12.[Ir].[c-]1ccccc1-c1ccccn1. The molecule has 0 bridgehead atoms. The standard InChI is InChI=1S/C29H24N.C11H8N.Ir/c1-19(2)22-15-16-30-28(18-22)23-13-14-25-24-11-7-8-12-26(24)29(20(3)27(25)17-23)21-9-5-4-6-10-21;1-2-6-10(7-3-1)11-8-4-5-9-12-11;/h4-12,14-19H,1-3H3;1-6,8-9H;/q2*-1;/i3D3;;. The zero-order chi connectivity index (χ0) is 31.4. The van der Waals surface area contributed by atoms with Crippen LogP contribution in [-0.2, 0) is 20.1 Å². The van der Waals surface area contributed by atoms with Crippen molar-refractivity contribution in [3.63, 3.8) is 0 Å². The van der Waals surface area contributed by atoms with Crippen molar-refractivity contribution in [1.29, 1.82) is 0 Å². The smallest absolute Gasteiger partial charge is 0.0279 e. The van der Waals surface area contributed by atoms with E-state index in [1.807, 2.05) is 115 Å². The number of hydrogen-bond donors (Lipinski definition) is 0. The van der Waals surface area contributed by atoms with Crippen LogP contribution < -0.4 is 0 Å². The first-order valence-electron chi connectivity index (χ1n) is 15.6. The second-order valence-corrected chi connectivity index (χ2v) is 10.5. The van der Waals surface area contributed by atoms with Crippen molar-refractivity contribution in [1.82, 2.24) is 9.97 Å². The van der Waals surface area contributed by atoms with Crippen molar-refractivity contribution >= 4 is 21.5 Å². The third-order valence-corrected chi connectivity index (χ3v) is 7.40. The van der Waals surface area contributed by atoms with E-state index in [-0.39, 0.29) is 20.1 Å². The van der Waals surface area contributed by atoms with E-state index in [0.717, 1.165) is 55.2 Å². The van der Waals surface area contributed by atoms with E-state index in [9.17, 15) is 0 Å². The molecule has 0 N–H and O–H groups in total. The number of fused-ring (bicyclic) bond motifs is 3. The number of nitrogens with zero attached hydrogens (tertiary/aromatic N) is 2. The molecule has 0 unspecified atom stereocenters. The molecule has 0 spiro atoms. The van der Waals surface area contributed by atoms with Gasteiger partial charge < -0.3 is 9.97 Å². The predicted molar refractivity (Wildman–Crippen MR) is 176 cm³/mol. The Balaban J connectivity index is 0.000000269. The molecule has 2 aromatic heterocycles. The van der Waals surface area contributed by atoms with E-state index in [2.05, 4.69) is 48.1 Å². The van der Waals surface area contributed by atoms with Gasteiger partial charge in [0.15, 0.2) is 0 Å². The zero-order valence-electron chi connectivity index (χ0n) is 27.0. The quantitative estimate of drug-likeness (QED) is 0.133. The number of benzene rings is 5. The summed E-state index contributed by atoms with van der Waals surface area (Å²) in [7, 11) is 0. The van der Waals surface area contributed by atoms with Crippen LogP contribution in [0.3, 0.4) is 0 Å². The van der Waals surface area contributed by atoms with Gasteiger partial charge in [-0.1, -0.05) is 114 Å². The summed E-state index contributed by atoms with van der Waals surface area (Å²) in [6, 6.07) is 46.0. The van der Waals surface area contributed by atoms with Crippen molar-refractivity contribution in [3.8, 4) is 33.6 Å². The van der Waals surface area contributed by atoms with E-state index < -0.39 is 6.85 Å². The summed E-state index contributed by atoms with van der Waals surface area (Å²) in [5.74, 6) is 0.374. The van der Waals surface area contributed by atoms with Gasteiger partial charge in [0.1, 0.15) is 0 Å². The summed E-state index contributed by atoms with van der Waals surface area (Å²) in [5, 5.41) is 3.56. The molecule has 0 amide bonds. The van der Waals surface area contributed by atoms with Crippen LogP contribution in [-0.4, -0.2) is 9.97 Å². The van der Waals surface area contributed by atoms with Crippen LogP contribution in [0.25, 0.3) is 55.2 Å². The molecule has 2 heterocycles. The van der Waals surface area contributed by atoms with E-state index in [4.69, 9.17) is 4.11 Å². The van der Waals surface area contributed by atoms with E-state index in [1.165, 1.54) is 5.56 Å². The molecule has 0 aliphatic heterocycles. The third-order valence-electron chi connectivity index (χ3n) is 7.40. The van der Waals surface area contributed by atoms with Gasteiger partial charge in [0.2, 0.25) is 0 Å². The maximum Gasteiger partial charge on any atom is 0.0279 e. The van der Waals surface area contributed by atoms with E-state index >= 15 is 0 Å². The third kappa shape index (κ3) is 6.49. The summed E-state index contributed by atoms with van der Waals surface area (Å²) in [4.78, 5) is 8.78. The van der Waals surface area contributed by atoms with Gasteiger partial charge in [-0.15, -0.1) is 59.7 Å². The Kier molecular flexibility index (Phi) is 8.35. The molecule has 0 fully saturated rings. The molecule has 213 valence electrons. The Labute approximate surface area is 272 Å². The minimum atomic E-state index is -2.29. The monoisotopic (exact) mass is 736 g/mol. The summed E-state index contributed by atoms with van der Waals surface area (Å²) in [6.07, 6.45) is 3.60. The zero-order valence-corrected chi connectivity index (χ0v) is 26.4. The fraction of sp³-hybridized carbons (Fsp3) is 0.100. The van der Waals surface area contributed by atoms with Crippen molar-refractivity contribution in [2.24, 2.45) is 0 Å². The average Bonchev–Trinajstić information content (AvgIpc) is 3.08.